The summed E-state index contributed by atoms with van der Waals surface area (Å²) in [6.45, 7) is 8.75. The summed E-state index contributed by atoms with van der Waals surface area (Å²) in [5.74, 6) is -2.24. The van der Waals surface area contributed by atoms with Crippen molar-refractivity contribution < 1.29 is 23.9 Å². The normalized spacial score (nSPS) is 13.5. The van der Waals surface area contributed by atoms with Crippen LogP contribution in [-0.2, 0) is 25.5 Å². The summed E-state index contributed by atoms with van der Waals surface area (Å²) < 4.78 is 5.39. The molecule has 1 rings (SSSR count). The van der Waals surface area contributed by atoms with Gasteiger partial charge >= 0.3 is 6.09 Å². The molecule has 2 atom stereocenters. The highest BCUT2D eigenvalue weighted by Crippen LogP contribution is 2.19. The topological polar surface area (TPSA) is 107 Å². The number of nitrogens with zero attached hydrogens (tertiary/aromatic N) is 1. The molecule has 0 saturated heterocycles. The third-order valence-corrected chi connectivity index (χ3v) is 4.66. The van der Waals surface area contributed by atoms with Gasteiger partial charge in [0, 0.05) is 6.42 Å². The Hall–Kier alpha value is -2.06. The van der Waals surface area contributed by atoms with Gasteiger partial charge in [-0.2, -0.15) is 0 Å². The van der Waals surface area contributed by atoms with E-state index in [4.69, 9.17) is 10.5 Å². The van der Waals surface area contributed by atoms with Crippen LogP contribution in [0.3, 0.4) is 0 Å². The summed E-state index contributed by atoms with van der Waals surface area (Å²) in [5.41, 5.74) is 5.84. The Morgan fingerprint density at radius 3 is 2.13 bits per heavy atom. The molecule has 2 amide bonds. The number of hydrogen-bond donors (Lipinski definition) is 1. The number of imide groups is 1. The molecule has 0 aromatic heterocycles. The molecular formula is C22H31BrN2O5. The minimum Gasteiger partial charge on any atom is -0.443 e. The fraction of sp³-hybridized carbons (Fsp3) is 0.545. The first-order valence-electron chi connectivity index (χ1n) is 9.86. The summed E-state index contributed by atoms with van der Waals surface area (Å²) in [4.78, 5) is 52.0. The van der Waals surface area contributed by atoms with E-state index in [0.717, 1.165) is 4.90 Å². The molecule has 8 heteroatoms. The number of rotatable bonds is 9. The van der Waals surface area contributed by atoms with E-state index in [1.165, 1.54) is 0 Å². The van der Waals surface area contributed by atoms with Crippen LogP contribution in [0.5, 0.6) is 0 Å². The van der Waals surface area contributed by atoms with E-state index in [9.17, 15) is 19.2 Å². The Bertz CT molecular complexity index is 759. The van der Waals surface area contributed by atoms with Crippen LogP contribution >= 0.6 is 15.9 Å². The van der Waals surface area contributed by atoms with E-state index < -0.39 is 41.3 Å². The van der Waals surface area contributed by atoms with Gasteiger partial charge in [0.25, 0.3) is 0 Å². The van der Waals surface area contributed by atoms with E-state index in [1.807, 2.05) is 13.8 Å². The lowest BCUT2D eigenvalue weighted by molar-refractivity contribution is -0.144. The van der Waals surface area contributed by atoms with Gasteiger partial charge in [-0.3, -0.25) is 14.4 Å². The van der Waals surface area contributed by atoms with Gasteiger partial charge < -0.3 is 10.5 Å². The molecule has 166 valence electrons. The van der Waals surface area contributed by atoms with Gasteiger partial charge in [-0.1, -0.05) is 60.1 Å². The van der Waals surface area contributed by atoms with Crippen LogP contribution in [0.15, 0.2) is 30.3 Å². The van der Waals surface area contributed by atoms with Gasteiger partial charge in [-0.05, 0) is 38.7 Å². The van der Waals surface area contributed by atoms with E-state index in [1.54, 1.807) is 51.1 Å². The third kappa shape index (κ3) is 7.99. The molecule has 1 aromatic rings. The predicted molar refractivity (Wildman–Crippen MR) is 118 cm³/mol. The molecule has 0 aliphatic heterocycles. The number of hydrogen-bond acceptors (Lipinski definition) is 6. The molecule has 7 nitrogen and oxygen atoms in total. The molecule has 2 N–H and O–H groups in total. The Labute approximate surface area is 186 Å². The van der Waals surface area contributed by atoms with Crippen LogP contribution in [0.4, 0.5) is 4.79 Å². The molecule has 0 fully saturated rings. The molecule has 0 unspecified atom stereocenters. The van der Waals surface area contributed by atoms with Crippen LogP contribution in [0.1, 0.15) is 46.6 Å². The molecule has 0 heterocycles. The van der Waals surface area contributed by atoms with E-state index in [0.29, 0.717) is 12.0 Å². The first-order valence-corrected chi connectivity index (χ1v) is 11.0. The predicted octanol–water partition coefficient (Wildman–Crippen LogP) is 3.27. The maximum Gasteiger partial charge on any atom is 0.417 e. The lowest BCUT2D eigenvalue weighted by Crippen LogP contribution is -2.57. The molecule has 0 bridgehead atoms. The zero-order valence-corrected chi connectivity index (χ0v) is 19.8. The molecular weight excluding hydrogens is 452 g/mol. The lowest BCUT2D eigenvalue weighted by Gasteiger charge is -2.33. The standard InChI is InChI=1S/C22H31BrN2O5/c1-14(2)11-16(24)20(28)25(21(29)30-22(3,4)5)17(19(27)18(26)13-23)12-15-9-7-6-8-10-15/h6-10,14,16-17H,11-13,24H2,1-5H3/t16-,17-/m0/s1. The molecule has 1 aromatic carbocycles. The van der Waals surface area contributed by atoms with Gasteiger partial charge in [0.1, 0.15) is 11.6 Å². The average molecular weight is 483 g/mol. The summed E-state index contributed by atoms with van der Waals surface area (Å²) in [6.07, 6.45) is -0.697. The number of nitrogens with two attached hydrogens (primary N) is 1. The Morgan fingerprint density at radius 1 is 1.10 bits per heavy atom. The molecule has 0 aliphatic carbocycles. The second-order valence-electron chi connectivity index (χ2n) is 8.55. The molecule has 0 saturated carbocycles. The second kappa shape index (κ2) is 11.4. The van der Waals surface area contributed by atoms with Crippen molar-refractivity contribution in [2.45, 2.75) is 65.1 Å². The van der Waals surface area contributed by atoms with Gasteiger partial charge in [-0.15, -0.1) is 0 Å². The zero-order valence-electron chi connectivity index (χ0n) is 18.2. The molecule has 30 heavy (non-hydrogen) atoms. The van der Waals surface area contributed by atoms with Crippen molar-refractivity contribution in [2.24, 2.45) is 11.7 Å². The molecule has 0 spiro atoms. The Balaban J connectivity index is 3.44. The van der Waals surface area contributed by atoms with Crippen molar-refractivity contribution in [3.05, 3.63) is 35.9 Å². The Morgan fingerprint density at radius 2 is 1.67 bits per heavy atom. The van der Waals surface area contributed by atoms with Gasteiger partial charge in [0.2, 0.25) is 17.5 Å². The number of alkyl halides is 1. The highest BCUT2D eigenvalue weighted by molar-refractivity contribution is 9.09. The van der Waals surface area contributed by atoms with Gasteiger partial charge in [-0.25, -0.2) is 9.69 Å². The number of benzene rings is 1. The first kappa shape index (κ1) is 26.0. The van der Waals surface area contributed by atoms with Crippen LogP contribution < -0.4 is 5.73 Å². The van der Waals surface area contributed by atoms with Crippen LogP contribution in [0.2, 0.25) is 0 Å². The maximum absolute atomic E-state index is 13.2. The largest absolute Gasteiger partial charge is 0.443 e. The monoisotopic (exact) mass is 482 g/mol. The second-order valence-corrected chi connectivity index (χ2v) is 9.11. The van der Waals surface area contributed by atoms with E-state index >= 15 is 0 Å². The lowest BCUT2D eigenvalue weighted by atomic mass is 9.97. The van der Waals surface area contributed by atoms with Crippen molar-refractivity contribution in [2.75, 3.05) is 5.33 Å². The maximum atomic E-state index is 13.2. The summed E-state index contributed by atoms with van der Waals surface area (Å²) in [7, 11) is 0. The number of ketones is 2. The van der Waals surface area contributed by atoms with Crippen LogP contribution in [0, 0.1) is 5.92 Å². The zero-order chi connectivity index (χ0) is 23.1. The summed E-state index contributed by atoms with van der Waals surface area (Å²) in [6, 6.07) is 6.50. The first-order chi connectivity index (χ1) is 13.9. The average Bonchev–Trinajstić information content (AvgIpc) is 2.64. The number of amides is 2. The summed E-state index contributed by atoms with van der Waals surface area (Å²) >= 11 is 2.99. The molecule has 0 aliphatic rings. The minimum absolute atomic E-state index is 0.0161. The summed E-state index contributed by atoms with van der Waals surface area (Å²) in [5, 5.41) is -0.217. The minimum atomic E-state index is -1.35. The number of carbonyl (C=O) groups excluding carboxylic acids is 4. The van der Waals surface area contributed by atoms with Crippen LogP contribution in [-0.4, -0.2) is 51.5 Å². The smallest absolute Gasteiger partial charge is 0.417 e. The van der Waals surface area contributed by atoms with Crippen molar-refractivity contribution in [1.29, 1.82) is 0 Å². The van der Waals surface area contributed by atoms with E-state index in [-0.39, 0.29) is 17.7 Å². The van der Waals surface area contributed by atoms with Crippen LogP contribution in [0.25, 0.3) is 0 Å². The molecule has 0 radical (unpaired) electrons. The number of ether oxygens (including phenoxy) is 1. The van der Waals surface area contributed by atoms with Crippen molar-refractivity contribution in [3.8, 4) is 0 Å². The Kier molecular flexibility index (Phi) is 9.84. The van der Waals surface area contributed by atoms with E-state index in [2.05, 4.69) is 15.9 Å². The van der Waals surface area contributed by atoms with Gasteiger partial charge in [0.05, 0.1) is 11.4 Å². The van der Waals surface area contributed by atoms with Crippen molar-refractivity contribution in [1.82, 2.24) is 4.90 Å². The van der Waals surface area contributed by atoms with Crippen molar-refractivity contribution in [3.63, 3.8) is 0 Å². The third-order valence-electron chi connectivity index (χ3n) is 4.15. The number of carbonyl (C=O) groups is 4. The fourth-order valence-electron chi connectivity index (χ4n) is 2.86. The highest BCUT2D eigenvalue weighted by Gasteiger charge is 2.41. The SMILES string of the molecule is CC(C)C[C@H](N)C(=O)N(C(=O)OC(C)(C)C)[C@@H](Cc1ccccc1)C(=O)C(=O)CBr. The fourth-order valence-corrected chi connectivity index (χ4v) is 3.14. The van der Waals surface area contributed by atoms with Crippen molar-refractivity contribution >= 4 is 39.5 Å². The number of halogens is 1. The number of Topliss-reactive ketones (excluding diaryl/α,β-unsaturated/α-hetero) is 2. The van der Waals surface area contributed by atoms with Gasteiger partial charge in [0.15, 0.2) is 0 Å². The quantitative estimate of drug-likeness (QED) is 0.427. The highest BCUT2D eigenvalue weighted by atomic mass is 79.9.